The lowest BCUT2D eigenvalue weighted by Gasteiger charge is -2.22. The van der Waals surface area contributed by atoms with Crippen LogP contribution in [0.15, 0.2) is 18.2 Å². The predicted molar refractivity (Wildman–Crippen MR) is 67.6 cm³/mol. The van der Waals surface area contributed by atoms with Crippen LogP contribution in [0.1, 0.15) is 18.4 Å². The van der Waals surface area contributed by atoms with Gasteiger partial charge in [0.2, 0.25) is 11.8 Å². The normalized spacial score (nSPS) is 18.9. The van der Waals surface area contributed by atoms with E-state index in [1.165, 1.54) is 6.07 Å². The molecular formula is C12H13N3O4. The fraction of sp³-hybridized carbons (Fsp3) is 0.333. The lowest BCUT2D eigenvalue weighted by Crippen LogP contribution is -2.47. The van der Waals surface area contributed by atoms with E-state index in [-0.39, 0.29) is 23.7 Å². The number of rotatable bonds is 3. The van der Waals surface area contributed by atoms with E-state index in [0.29, 0.717) is 6.42 Å². The Morgan fingerprint density at radius 2 is 2.16 bits per heavy atom. The molecule has 1 aromatic carbocycles. The quantitative estimate of drug-likeness (QED) is 0.483. The van der Waals surface area contributed by atoms with Crippen LogP contribution in [0.2, 0.25) is 0 Å². The zero-order chi connectivity index (χ0) is 14.0. The summed E-state index contributed by atoms with van der Waals surface area (Å²) in [5.74, 6) is -0.771. The summed E-state index contributed by atoms with van der Waals surface area (Å²) < 4.78 is 0. The topological polar surface area (TPSA) is 101 Å². The number of carbonyl (C=O) groups is 2. The number of hydrogen-bond donors (Lipinski definition) is 2. The molecule has 0 radical (unpaired) electrons. The van der Waals surface area contributed by atoms with Gasteiger partial charge in [-0.25, -0.2) is 0 Å². The smallest absolute Gasteiger partial charge is 0.292 e. The summed E-state index contributed by atoms with van der Waals surface area (Å²) in [5.41, 5.74) is 0.968. The van der Waals surface area contributed by atoms with Crippen LogP contribution in [0.3, 0.4) is 0 Å². The van der Waals surface area contributed by atoms with E-state index in [1.54, 1.807) is 19.1 Å². The maximum Gasteiger partial charge on any atom is 0.292 e. The first kappa shape index (κ1) is 13.0. The molecule has 100 valence electrons. The van der Waals surface area contributed by atoms with E-state index < -0.39 is 16.9 Å². The van der Waals surface area contributed by atoms with Crippen LogP contribution in [-0.4, -0.2) is 22.8 Å². The molecule has 2 rings (SSSR count). The molecule has 1 fully saturated rings. The van der Waals surface area contributed by atoms with Crippen molar-refractivity contribution >= 4 is 23.2 Å². The second-order valence-electron chi connectivity index (χ2n) is 4.43. The number of benzene rings is 1. The van der Waals surface area contributed by atoms with Crippen LogP contribution in [0.4, 0.5) is 11.4 Å². The van der Waals surface area contributed by atoms with E-state index in [9.17, 15) is 19.7 Å². The molecule has 1 atom stereocenters. The number of nitrogens with zero attached hydrogens (tertiary/aromatic N) is 1. The number of carbonyl (C=O) groups excluding carboxylic acids is 2. The lowest BCUT2D eigenvalue weighted by atomic mass is 10.1. The first-order valence-corrected chi connectivity index (χ1v) is 5.82. The highest BCUT2D eigenvalue weighted by Gasteiger charge is 2.28. The van der Waals surface area contributed by atoms with Gasteiger partial charge in [0.1, 0.15) is 11.7 Å². The maximum absolute atomic E-state index is 11.6. The average Bonchev–Trinajstić information content (AvgIpc) is 2.34. The Morgan fingerprint density at radius 1 is 1.42 bits per heavy atom. The molecule has 19 heavy (non-hydrogen) atoms. The second kappa shape index (κ2) is 5.05. The summed E-state index contributed by atoms with van der Waals surface area (Å²) in [6, 6.07) is 4.10. The summed E-state index contributed by atoms with van der Waals surface area (Å²) >= 11 is 0. The summed E-state index contributed by atoms with van der Waals surface area (Å²) in [7, 11) is 0. The fourth-order valence-electron chi connectivity index (χ4n) is 1.93. The molecule has 1 unspecified atom stereocenters. The third kappa shape index (κ3) is 2.87. The fourth-order valence-corrected chi connectivity index (χ4v) is 1.93. The summed E-state index contributed by atoms with van der Waals surface area (Å²) in [6.45, 7) is 1.75. The Bertz CT molecular complexity index is 556. The number of imide groups is 1. The summed E-state index contributed by atoms with van der Waals surface area (Å²) in [4.78, 5) is 33.1. The molecule has 1 aliphatic heterocycles. The highest BCUT2D eigenvalue weighted by atomic mass is 16.6. The van der Waals surface area contributed by atoms with E-state index >= 15 is 0 Å². The highest BCUT2D eigenvalue weighted by molar-refractivity contribution is 6.01. The molecule has 1 saturated heterocycles. The van der Waals surface area contributed by atoms with Crippen molar-refractivity contribution in [3.63, 3.8) is 0 Å². The third-order valence-corrected chi connectivity index (χ3v) is 2.92. The number of amides is 2. The van der Waals surface area contributed by atoms with Gasteiger partial charge >= 0.3 is 0 Å². The van der Waals surface area contributed by atoms with Crippen LogP contribution in [0, 0.1) is 17.0 Å². The minimum atomic E-state index is -0.626. The van der Waals surface area contributed by atoms with Gasteiger partial charge in [-0.15, -0.1) is 0 Å². The van der Waals surface area contributed by atoms with Gasteiger partial charge in [0.25, 0.3) is 5.69 Å². The molecule has 0 spiro atoms. The second-order valence-corrected chi connectivity index (χ2v) is 4.43. The third-order valence-electron chi connectivity index (χ3n) is 2.92. The van der Waals surface area contributed by atoms with Gasteiger partial charge in [-0.1, -0.05) is 6.07 Å². The Morgan fingerprint density at radius 3 is 2.79 bits per heavy atom. The van der Waals surface area contributed by atoms with Crippen molar-refractivity contribution in [3.8, 4) is 0 Å². The number of anilines is 1. The van der Waals surface area contributed by atoms with Crippen molar-refractivity contribution in [1.82, 2.24) is 5.32 Å². The highest BCUT2D eigenvalue weighted by Crippen LogP contribution is 2.26. The van der Waals surface area contributed by atoms with Crippen LogP contribution in [0.5, 0.6) is 0 Å². The van der Waals surface area contributed by atoms with Gasteiger partial charge in [-0.2, -0.15) is 0 Å². The number of hydrogen-bond acceptors (Lipinski definition) is 5. The van der Waals surface area contributed by atoms with Crippen molar-refractivity contribution in [1.29, 1.82) is 0 Å². The lowest BCUT2D eigenvalue weighted by molar-refractivity contribution is -0.384. The first-order chi connectivity index (χ1) is 8.97. The Kier molecular flexibility index (Phi) is 3.46. The molecule has 0 bridgehead atoms. The standard InChI is InChI=1S/C12H13N3O4/c1-7-2-3-8(10(6-7)15(18)19)13-9-4-5-11(16)14-12(9)17/h2-3,6,9,13H,4-5H2,1H3,(H,14,16,17). The van der Waals surface area contributed by atoms with E-state index in [4.69, 9.17) is 0 Å². The Hall–Kier alpha value is -2.44. The molecule has 1 aromatic rings. The predicted octanol–water partition coefficient (Wildman–Crippen LogP) is 1.12. The van der Waals surface area contributed by atoms with E-state index in [1.807, 2.05) is 0 Å². The molecular weight excluding hydrogens is 250 g/mol. The van der Waals surface area contributed by atoms with Crippen LogP contribution >= 0.6 is 0 Å². The summed E-state index contributed by atoms with van der Waals surface area (Å²) in [5, 5.41) is 16.0. The number of nitro benzene ring substituents is 1. The Labute approximate surface area is 109 Å². The van der Waals surface area contributed by atoms with Crippen molar-refractivity contribution < 1.29 is 14.5 Å². The zero-order valence-corrected chi connectivity index (χ0v) is 10.3. The summed E-state index contributed by atoms with van der Waals surface area (Å²) in [6.07, 6.45) is 0.554. The maximum atomic E-state index is 11.6. The minimum absolute atomic E-state index is 0.0790. The van der Waals surface area contributed by atoms with Crippen LogP contribution < -0.4 is 10.6 Å². The molecule has 0 saturated carbocycles. The largest absolute Gasteiger partial charge is 0.368 e. The van der Waals surface area contributed by atoms with Crippen molar-refractivity contribution in [2.45, 2.75) is 25.8 Å². The van der Waals surface area contributed by atoms with Crippen LogP contribution in [0.25, 0.3) is 0 Å². The van der Waals surface area contributed by atoms with Crippen LogP contribution in [-0.2, 0) is 9.59 Å². The van der Waals surface area contributed by atoms with E-state index in [0.717, 1.165) is 5.56 Å². The van der Waals surface area contributed by atoms with Gasteiger partial charge in [0, 0.05) is 12.5 Å². The van der Waals surface area contributed by atoms with Gasteiger partial charge in [0.05, 0.1) is 4.92 Å². The van der Waals surface area contributed by atoms with Gasteiger partial charge in [-0.05, 0) is 25.0 Å². The zero-order valence-electron chi connectivity index (χ0n) is 10.3. The Balaban J connectivity index is 2.21. The van der Waals surface area contributed by atoms with Crippen molar-refractivity contribution in [3.05, 3.63) is 33.9 Å². The molecule has 2 N–H and O–H groups in total. The van der Waals surface area contributed by atoms with Gasteiger partial charge in [0.15, 0.2) is 0 Å². The van der Waals surface area contributed by atoms with Crippen molar-refractivity contribution in [2.75, 3.05) is 5.32 Å². The number of nitro groups is 1. The van der Waals surface area contributed by atoms with Gasteiger partial charge in [-0.3, -0.25) is 25.0 Å². The molecule has 7 nitrogen and oxygen atoms in total. The molecule has 2 amide bonds. The number of aryl methyl sites for hydroxylation is 1. The van der Waals surface area contributed by atoms with E-state index in [2.05, 4.69) is 10.6 Å². The molecule has 0 aliphatic carbocycles. The molecule has 0 aromatic heterocycles. The monoisotopic (exact) mass is 263 g/mol. The molecule has 1 aliphatic rings. The van der Waals surface area contributed by atoms with Crippen molar-refractivity contribution in [2.24, 2.45) is 0 Å². The SMILES string of the molecule is Cc1ccc(NC2CCC(=O)NC2=O)c([N+](=O)[O-])c1. The van der Waals surface area contributed by atoms with Gasteiger partial charge < -0.3 is 5.32 Å². The molecule has 7 heteroatoms. The average molecular weight is 263 g/mol. The number of nitrogens with one attached hydrogen (secondary N) is 2. The minimum Gasteiger partial charge on any atom is -0.368 e. The first-order valence-electron chi connectivity index (χ1n) is 5.82. The number of piperidine rings is 1. The molecule has 1 heterocycles.